The van der Waals surface area contributed by atoms with Gasteiger partial charge in [0.2, 0.25) is 0 Å². The van der Waals surface area contributed by atoms with Crippen LogP contribution in [-0.4, -0.2) is 26.7 Å². The number of nitrogens with one attached hydrogen (secondary N) is 1. The van der Waals surface area contributed by atoms with E-state index >= 15 is 0 Å². The minimum Gasteiger partial charge on any atom is -0.497 e. The van der Waals surface area contributed by atoms with Gasteiger partial charge in [-0.15, -0.1) is 0 Å². The Bertz CT molecular complexity index is 424. The first-order valence-electron chi connectivity index (χ1n) is 4.60. The second kappa shape index (κ2) is 5.61. The van der Waals surface area contributed by atoms with E-state index in [2.05, 4.69) is 5.32 Å². The number of nitrogens with zero attached hydrogens (tertiary/aromatic N) is 1. The lowest BCUT2D eigenvalue weighted by atomic mass is 10.2. The summed E-state index contributed by atoms with van der Waals surface area (Å²) < 4.78 is 10.1. The molecular weight excluding hydrogens is 208 g/mol. The second-order valence-electron chi connectivity index (χ2n) is 2.91. The van der Waals surface area contributed by atoms with Gasteiger partial charge in [0.05, 0.1) is 25.9 Å². The standard InChI is InChI=1S/C11H12N2O3/c1-15-8-3-4-9(10(7-8)16-2)11(14)13-6-5-12/h3-4,7H,6H2,1-2H3,(H,13,14). The van der Waals surface area contributed by atoms with Crippen LogP contribution in [0.25, 0.3) is 0 Å². The van der Waals surface area contributed by atoms with Gasteiger partial charge in [-0.1, -0.05) is 0 Å². The predicted molar refractivity (Wildman–Crippen MR) is 57.5 cm³/mol. The van der Waals surface area contributed by atoms with Crippen molar-refractivity contribution in [1.82, 2.24) is 5.32 Å². The SMILES string of the molecule is COc1ccc(C(=O)NCC#N)c(OC)c1. The van der Waals surface area contributed by atoms with E-state index in [0.717, 1.165) is 0 Å². The minimum atomic E-state index is -0.346. The fourth-order valence-corrected chi connectivity index (χ4v) is 1.20. The molecule has 1 aromatic carbocycles. The van der Waals surface area contributed by atoms with Gasteiger partial charge >= 0.3 is 0 Å². The van der Waals surface area contributed by atoms with Crippen molar-refractivity contribution >= 4 is 5.91 Å². The molecule has 0 heterocycles. The van der Waals surface area contributed by atoms with Crippen LogP contribution in [0, 0.1) is 11.3 Å². The molecule has 5 heteroatoms. The highest BCUT2D eigenvalue weighted by molar-refractivity contribution is 5.97. The first-order valence-corrected chi connectivity index (χ1v) is 4.60. The molecule has 0 saturated heterocycles. The van der Waals surface area contributed by atoms with E-state index in [9.17, 15) is 4.79 Å². The molecule has 0 fully saturated rings. The van der Waals surface area contributed by atoms with Gasteiger partial charge in [-0.05, 0) is 12.1 Å². The topological polar surface area (TPSA) is 71.3 Å². The van der Waals surface area contributed by atoms with E-state index in [1.54, 1.807) is 18.2 Å². The van der Waals surface area contributed by atoms with Gasteiger partial charge < -0.3 is 14.8 Å². The predicted octanol–water partition coefficient (Wildman–Crippen LogP) is 0.957. The maximum atomic E-state index is 11.6. The number of ether oxygens (including phenoxy) is 2. The van der Waals surface area contributed by atoms with Crippen molar-refractivity contribution in [3.63, 3.8) is 0 Å². The van der Waals surface area contributed by atoms with E-state index in [0.29, 0.717) is 17.1 Å². The summed E-state index contributed by atoms with van der Waals surface area (Å²) in [6, 6.07) is 6.69. The summed E-state index contributed by atoms with van der Waals surface area (Å²) in [4.78, 5) is 11.6. The number of benzene rings is 1. The Labute approximate surface area is 93.6 Å². The number of nitriles is 1. The number of rotatable bonds is 4. The average Bonchev–Trinajstić information content (AvgIpc) is 2.34. The number of amides is 1. The number of methoxy groups -OCH3 is 2. The maximum absolute atomic E-state index is 11.6. The molecule has 84 valence electrons. The van der Waals surface area contributed by atoms with Gasteiger partial charge in [0.15, 0.2) is 0 Å². The molecule has 0 spiro atoms. The molecule has 0 unspecified atom stereocenters. The summed E-state index contributed by atoms with van der Waals surface area (Å²) in [6.45, 7) is -0.0337. The Morgan fingerprint density at radius 1 is 1.44 bits per heavy atom. The molecule has 0 aromatic heterocycles. The van der Waals surface area contributed by atoms with Crippen LogP contribution in [0.3, 0.4) is 0 Å². The van der Waals surface area contributed by atoms with Crippen LogP contribution in [0.5, 0.6) is 11.5 Å². The summed E-state index contributed by atoms with van der Waals surface area (Å²) in [5.74, 6) is 0.671. The molecule has 1 aromatic rings. The van der Waals surface area contributed by atoms with Crippen LogP contribution in [-0.2, 0) is 0 Å². The van der Waals surface area contributed by atoms with Crippen LogP contribution in [0.4, 0.5) is 0 Å². The Kier molecular flexibility index (Phi) is 4.16. The van der Waals surface area contributed by atoms with Gasteiger partial charge in [-0.2, -0.15) is 5.26 Å². The third-order valence-electron chi connectivity index (χ3n) is 1.98. The smallest absolute Gasteiger partial charge is 0.255 e. The van der Waals surface area contributed by atoms with Crippen molar-refractivity contribution < 1.29 is 14.3 Å². The van der Waals surface area contributed by atoms with Crippen LogP contribution < -0.4 is 14.8 Å². The van der Waals surface area contributed by atoms with Crippen molar-refractivity contribution in [1.29, 1.82) is 5.26 Å². The van der Waals surface area contributed by atoms with Crippen molar-refractivity contribution in [2.75, 3.05) is 20.8 Å². The Morgan fingerprint density at radius 3 is 2.75 bits per heavy atom. The largest absolute Gasteiger partial charge is 0.497 e. The molecule has 0 aliphatic heterocycles. The van der Waals surface area contributed by atoms with Crippen molar-refractivity contribution in [3.8, 4) is 17.6 Å². The quantitative estimate of drug-likeness (QED) is 0.767. The molecule has 0 atom stereocenters. The molecule has 0 radical (unpaired) electrons. The van der Waals surface area contributed by atoms with Gasteiger partial charge in [-0.25, -0.2) is 0 Å². The fraction of sp³-hybridized carbons (Fsp3) is 0.273. The normalized spacial score (nSPS) is 9.06. The summed E-state index contributed by atoms with van der Waals surface area (Å²) in [5, 5.41) is 10.8. The zero-order chi connectivity index (χ0) is 12.0. The second-order valence-corrected chi connectivity index (χ2v) is 2.91. The summed E-state index contributed by atoms with van der Waals surface area (Å²) >= 11 is 0. The molecule has 0 aliphatic rings. The van der Waals surface area contributed by atoms with Crippen molar-refractivity contribution in [2.45, 2.75) is 0 Å². The van der Waals surface area contributed by atoms with Gasteiger partial charge in [-0.3, -0.25) is 4.79 Å². The molecular formula is C11H12N2O3. The maximum Gasteiger partial charge on any atom is 0.255 e. The first-order chi connectivity index (χ1) is 7.72. The van der Waals surface area contributed by atoms with Crippen LogP contribution in [0.2, 0.25) is 0 Å². The average molecular weight is 220 g/mol. The third-order valence-corrected chi connectivity index (χ3v) is 1.98. The zero-order valence-electron chi connectivity index (χ0n) is 9.11. The van der Waals surface area contributed by atoms with E-state index in [1.807, 2.05) is 6.07 Å². The fourth-order valence-electron chi connectivity index (χ4n) is 1.20. The molecule has 1 N–H and O–H groups in total. The molecule has 5 nitrogen and oxygen atoms in total. The monoisotopic (exact) mass is 220 g/mol. The third kappa shape index (κ3) is 2.64. The Morgan fingerprint density at radius 2 is 2.19 bits per heavy atom. The van der Waals surface area contributed by atoms with E-state index in [4.69, 9.17) is 14.7 Å². The molecule has 1 amide bonds. The molecule has 1 rings (SSSR count). The van der Waals surface area contributed by atoms with E-state index in [1.165, 1.54) is 14.2 Å². The molecule has 0 bridgehead atoms. The number of carbonyl (C=O) groups is 1. The lowest BCUT2D eigenvalue weighted by Gasteiger charge is -2.09. The summed E-state index contributed by atoms with van der Waals surface area (Å²) in [7, 11) is 3.00. The van der Waals surface area contributed by atoms with Gasteiger partial charge in [0, 0.05) is 6.07 Å². The Balaban J connectivity index is 2.95. The highest BCUT2D eigenvalue weighted by atomic mass is 16.5. The number of hydrogen-bond acceptors (Lipinski definition) is 4. The van der Waals surface area contributed by atoms with E-state index in [-0.39, 0.29) is 12.5 Å². The summed E-state index contributed by atoms with van der Waals surface area (Å²) in [6.07, 6.45) is 0. The number of carbonyl (C=O) groups excluding carboxylic acids is 1. The van der Waals surface area contributed by atoms with E-state index < -0.39 is 0 Å². The molecule has 16 heavy (non-hydrogen) atoms. The zero-order valence-corrected chi connectivity index (χ0v) is 9.11. The molecule has 0 aliphatic carbocycles. The lowest BCUT2D eigenvalue weighted by Crippen LogP contribution is -2.23. The lowest BCUT2D eigenvalue weighted by molar-refractivity contribution is 0.0955. The highest BCUT2D eigenvalue weighted by Gasteiger charge is 2.12. The molecule has 0 saturated carbocycles. The Hall–Kier alpha value is -2.22. The van der Waals surface area contributed by atoms with Crippen LogP contribution in [0.15, 0.2) is 18.2 Å². The van der Waals surface area contributed by atoms with Crippen LogP contribution in [0.1, 0.15) is 10.4 Å². The first kappa shape index (κ1) is 11.9. The van der Waals surface area contributed by atoms with Crippen molar-refractivity contribution in [3.05, 3.63) is 23.8 Å². The van der Waals surface area contributed by atoms with Gasteiger partial charge in [0.1, 0.15) is 18.0 Å². The van der Waals surface area contributed by atoms with Gasteiger partial charge in [0.25, 0.3) is 5.91 Å². The minimum absolute atomic E-state index is 0.0337. The van der Waals surface area contributed by atoms with Crippen LogP contribution >= 0.6 is 0 Å². The van der Waals surface area contributed by atoms with Crippen molar-refractivity contribution in [2.24, 2.45) is 0 Å². The highest BCUT2D eigenvalue weighted by Crippen LogP contribution is 2.24. The summed E-state index contributed by atoms with van der Waals surface area (Å²) in [5.41, 5.74) is 0.374. The number of hydrogen-bond donors (Lipinski definition) is 1.